The number of fused-ring (bicyclic) bond motifs is 3. The molecule has 0 atom stereocenters. The van der Waals surface area contributed by atoms with Crippen molar-refractivity contribution in [2.75, 3.05) is 19.5 Å². The van der Waals surface area contributed by atoms with Crippen LogP contribution < -0.4 is 20.3 Å². The van der Waals surface area contributed by atoms with Gasteiger partial charge >= 0.3 is 0 Å². The molecule has 3 heterocycles. The number of benzene rings is 1. The van der Waals surface area contributed by atoms with E-state index in [-0.39, 0.29) is 11.5 Å². The molecule has 33 heavy (non-hydrogen) atoms. The largest absolute Gasteiger partial charge is 0.497 e. The first-order chi connectivity index (χ1) is 15.9. The number of thiophene rings is 1. The fourth-order valence-electron chi connectivity index (χ4n) is 3.78. The zero-order valence-electron chi connectivity index (χ0n) is 19.1. The minimum absolute atomic E-state index is 0.0340. The van der Waals surface area contributed by atoms with Crippen LogP contribution in [0.25, 0.3) is 16.0 Å². The van der Waals surface area contributed by atoms with Crippen molar-refractivity contribution >= 4 is 38.9 Å². The molecular weight excluding hydrogens is 442 g/mol. The summed E-state index contributed by atoms with van der Waals surface area (Å²) in [5, 5.41) is 13.5. The Bertz CT molecular complexity index is 1330. The van der Waals surface area contributed by atoms with Crippen LogP contribution in [0.3, 0.4) is 0 Å². The summed E-state index contributed by atoms with van der Waals surface area (Å²) in [6.07, 6.45) is 1.45. The van der Waals surface area contributed by atoms with Crippen LogP contribution in [0, 0.1) is 5.92 Å². The zero-order valence-corrected chi connectivity index (χ0v) is 19.9. The van der Waals surface area contributed by atoms with E-state index in [0.717, 1.165) is 11.3 Å². The highest BCUT2D eigenvalue weighted by Crippen LogP contribution is 2.26. The second kappa shape index (κ2) is 9.62. The lowest BCUT2D eigenvalue weighted by Crippen LogP contribution is -2.24. The normalized spacial score (nSPS) is 11.4. The Labute approximate surface area is 195 Å². The van der Waals surface area contributed by atoms with Crippen LogP contribution in [0.2, 0.25) is 0 Å². The predicted octanol–water partition coefficient (Wildman–Crippen LogP) is 3.74. The van der Waals surface area contributed by atoms with Crippen LogP contribution in [0.15, 0.2) is 34.4 Å². The first kappa shape index (κ1) is 22.8. The molecule has 1 amide bonds. The van der Waals surface area contributed by atoms with Gasteiger partial charge in [-0.05, 0) is 23.8 Å². The highest BCUT2D eigenvalue weighted by Gasteiger charge is 2.18. The Balaban J connectivity index is 1.51. The van der Waals surface area contributed by atoms with Crippen LogP contribution in [0.5, 0.6) is 11.5 Å². The van der Waals surface area contributed by atoms with Gasteiger partial charge in [-0.3, -0.25) is 18.6 Å². The number of hydrogen-bond acceptors (Lipinski definition) is 7. The van der Waals surface area contributed by atoms with E-state index in [1.165, 1.54) is 11.3 Å². The number of ether oxygens (including phenoxy) is 2. The Morgan fingerprint density at radius 3 is 2.55 bits per heavy atom. The van der Waals surface area contributed by atoms with Crippen molar-refractivity contribution in [1.82, 2.24) is 19.2 Å². The van der Waals surface area contributed by atoms with Crippen LogP contribution in [0.4, 0.5) is 5.69 Å². The lowest BCUT2D eigenvalue weighted by atomic mass is 10.2. The monoisotopic (exact) mass is 469 g/mol. The van der Waals surface area contributed by atoms with E-state index in [9.17, 15) is 9.59 Å². The van der Waals surface area contributed by atoms with Crippen LogP contribution >= 0.6 is 11.3 Å². The van der Waals surface area contributed by atoms with E-state index >= 15 is 0 Å². The molecule has 0 saturated heterocycles. The third-order valence-electron chi connectivity index (χ3n) is 5.27. The second-order valence-electron chi connectivity index (χ2n) is 8.20. The molecular formula is C23H27N5O4S. The molecule has 4 aromatic rings. The van der Waals surface area contributed by atoms with E-state index in [2.05, 4.69) is 29.4 Å². The van der Waals surface area contributed by atoms with Crippen molar-refractivity contribution in [2.24, 2.45) is 5.92 Å². The number of aromatic nitrogens is 4. The molecule has 0 aliphatic carbocycles. The molecule has 174 valence electrons. The lowest BCUT2D eigenvalue weighted by Gasteiger charge is -2.11. The summed E-state index contributed by atoms with van der Waals surface area (Å²) >= 11 is 1.42. The van der Waals surface area contributed by atoms with Gasteiger partial charge in [-0.1, -0.05) is 13.8 Å². The molecule has 3 aromatic heterocycles. The van der Waals surface area contributed by atoms with Crippen LogP contribution in [-0.2, 0) is 17.8 Å². The molecule has 10 heteroatoms. The zero-order chi connectivity index (χ0) is 23.5. The average Bonchev–Trinajstić information content (AvgIpc) is 3.43. The standard InChI is InChI=1S/C23H27N5O4S/c1-14(2)13-27-22(30)21-18(8-9-33-21)28-19(25-26-23(27)28)6-5-7-20(29)24-15-10-16(31-3)12-17(11-15)32-4/h8-12,14H,5-7,13H2,1-4H3,(H,24,29). The first-order valence-electron chi connectivity index (χ1n) is 10.8. The molecule has 1 N–H and O–H groups in total. The van der Waals surface area contributed by atoms with Crippen LogP contribution in [-0.4, -0.2) is 39.3 Å². The lowest BCUT2D eigenvalue weighted by molar-refractivity contribution is -0.116. The predicted molar refractivity (Wildman–Crippen MR) is 129 cm³/mol. The topological polar surface area (TPSA) is 99.7 Å². The number of carbonyl (C=O) groups excluding carboxylic acids is 1. The van der Waals surface area contributed by atoms with Crippen molar-refractivity contribution in [3.63, 3.8) is 0 Å². The number of nitrogens with zero attached hydrogens (tertiary/aromatic N) is 4. The average molecular weight is 470 g/mol. The minimum atomic E-state index is -0.114. The molecule has 0 bridgehead atoms. The Hall–Kier alpha value is -3.40. The molecule has 0 radical (unpaired) electrons. The van der Waals surface area contributed by atoms with Gasteiger partial charge in [0.05, 0.1) is 19.7 Å². The number of aryl methyl sites for hydroxylation is 1. The molecule has 0 spiro atoms. The third-order valence-corrected chi connectivity index (χ3v) is 6.16. The van der Waals surface area contributed by atoms with E-state index < -0.39 is 0 Å². The quantitative estimate of drug-likeness (QED) is 0.401. The highest BCUT2D eigenvalue weighted by molar-refractivity contribution is 7.17. The fourth-order valence-corrected chi connectivity index (χ4v) is 4.61. The summed E-state index contributed by atoms with van der Waals surface area (Å²) in [5.74, 6) is 2.67. The second-order valence-corrected chi connectivity index (χ2v) is 9.12. The Morgan fingerprint density at radius 2 is 1.88 bits per heavy atom. The number of carbonyl (C=O) groups is 1. The molecule has 1 aromatic carbocycles. The van der Waals surface area contributed by atoms with Crippen molar-refractivity contribution < 1.29 is 14.3 Å². The third kappa shape index (κ3) is 4.70. The molecule has 0 aliphatic rings. The number of amides is 1. The highest BCUT2D eigenvalue weighted by atomic mass is 32.1. The minimum Gasteiger partial charge on any atom is -0.497 e. The van der Waals surface area contributed by atoms with E-state index in [4.69, 9.17) is 9.47 Å². The Kier molecular flexibility index (Phi) is 6.64. The summed E-state index contributed by atoms with van der Waals surface area (Å²) in [7, 11) is 3.13. The van der Waals surface area contributed by atoms with Crippen molar-refractivity contribution in [2.45, 2.75) is 39.7 Å². The first-order valence-corrected chi connectivity index (χ1v) is 11.7. The SMILES string of the molecule is COc1cc(NC(=O)CCCc2nnc3n(CC(C)C)c(=O)c4sccc4n23)cc(OC)c1. The molecule has 0 aliphatic heterocycles. The maximum atomic E-state index is 12.9. The summed E-state index contributed by atoms with van der Waals surface area (Å²) in [6, 6.07) is 7.15. The number of nitrogens with one attached hydrogen (secondary N) is 1. The van der Waals surface area contributed by atoms with Gasteiger partial charge in [0.2, 0.25) is 11.7 Å². The van der Waals surface area contributed by atoms with Crippen molar-refractivity contribution in [1.29, 1.82) is 0 Å². The van der Waals surface area contributed by atoms with Gasteiger partial charge < -0.3 is 14.8 Å². The maximum Gasteiger partial charge on any atom is 0.272 e. The number of methoxy groups -OCH3 is 2. The molecule has 9 nitrogen and oxygen atoms in total. The summed E-state index contributed by atoms with van der Waals surface area (Å²) in [6.45, 7) is 4.70. The van der Waals surface area contributed by atoms with Gasteiger partial charge in [0.25, 0.3) is 5.56 Å². The summed E-state index contributed by atoms with van der Waals surface area (Å²) < 4.78 is 14.8. The van der Waals surface area contributed by atoms with Gasteiger partial charge in [0.15, 0.2) is 0 Å². The fraction of sp³-hybridized carbons (Fsp3) is 0.391. The van der Waals surface area contributed by atoms with E-state index in [0.29, 0.717) is 59.4 Å². The van der Waals surface area contributed by atoms with Gasteiger partial charge in [-0.15, -0.1) is 21.5 Å². The maximum absolute atomic E-state index is 12.9. The molecule has 0 saturated carbocycles. The van der Waals surface area contributed by atoms with Gasteiger partial charge in [-0.2, -0.15) is 0 Å². The Morgan fingerprint density at radius 1 is 1.15 bits per heavy atom. The van der Waals surface area contributed by atoms with E-state index in [1.54, 1.807) is 37.0 Å². The summed E-state index contributed by atoms with van der Waals surface area (Å²) in [5.41, 5.74) is 1.39. The molecule has 4 rings (SSSR count). The van der Waals surface area contributed by atoms with Gasteiger partial charge in [0.1, 0.15) is 22.0 Å². The number of hydrogen-bond donors (Lipinski definition) is 1. The number of rotatable bonds is 9. The van der Waals surface area contributed by atoms with Gasteiger partial charge in [-0.25, -0.2) is 0 Å². The van der Waals surface area contributed by atoms with Crippen molar-refractivity contribution in [3.8, 4) is 11.5 Å². The smallest absolute Gasteiger partial charge is 0.272 e. The number of anilines is 1. The van der Waals surface area contributed by atoms with E-state index in [1.807, 2.05) is 15.8 Å². The molecule has 0 fully saturated rings. The molecule has 0 unspecified atom stereocenters. The van der Waals surface area contributed by atoms with Crippen molar-refractivity contribution in [3.05, 3.63) is 45.8 Å². The summed E-state index contributed by atoms with van der Waals surface area (Å²) in [4.78, 5) is 25.5. The van der Waals surface area contributed by atoms with Gasteiger partial charge in [0, 0.05) is 43.3 Å². The van der Waals surface area contributed by atoms with Crippen LogP contribution in [0.1, 0.15) is 32.5 Å².